The van der Waals surface area contributed by atoms with E-state index in [9.17, 15) is 14.4 Å². The molecule has 2 heterocycles. The molecular weight excluding hydrogens is 544 g/mol. The van der Waals surface area contributed by atoms with Gasteiger partial charge in [-0.2, -0.15) is 0 Å². The highest BCUT2D eigenvalue weighted by atomic mass is 16.7. The first-order valence-electron chi connectivity index (χ1n) is 13.5. The highest BCUT2D eigenvalue weighted by Gasteiger charge is 2.37. The Kier molecular flexibility index (Phi) is 10.7. The maximum Gasteiger partial charge on any atom is 0.331 e. The smallest absolute Gasteiger partial charge is 0.331 e. The van der Waals surface area contributed by atoms with Crippen molar-refractivity contribution in [3.8, 4) is 17.2 Å². The lowest BCUT2D eigenvalue weighted by atomic mass is 9.91. The van der Waals surface area contributed by atoms with Crippen LogP contribution in [0.15, 0.2) is 72.9 Å². The van der Waals surface area contributed by atoms with Gasteiger partial charge in [-0.25, -0.2) is 9.78 Å². The number of carbonyl (C=O) groups excluding carboxylic acids is 3. The molecule has 42 heavy (non-hydrogen) atoms. The first kappa shape index (κ1) is 30.3. The Labute approximate surface area is 244 Å². The molecule has 0 radical (unpaired) electrons. The second-order valence-electron chi connectivity index (χ2n) is 9.64. The Balaban J connectivity index is 1.54. The molecule has 0 bridgehead atoms. The summed E-state index contributed by atoms with van der Waals surface area (Å²) in [5.74, 6) is -1.39. The van der Waals surface area contributed by atoms with Crippen molar-refractivity contribution in [3.05, 3.63) is 84.2 Å². The predicted molar refractivity (Wildman–Crippen MR) is 150 cm³/mol. The number of benzene rings is 2. The molecule has 11 heteroatoms. The topological polar surface area (TPSA) is 132 Å². The van der Waals surface area contributed by atoms with Crippen LogP contribution in [0, 0.1) is 5.92 Å². The molecule has 2 aromatic carbocycles. The van der Waals surface area contributed by atoms with Crippen LogP contribution in [0.3, 0.4) is 0 Å². The van der Waals surface area contributed by atoms with Crippen molar-refractivity contribution in [2.24, 2.45) is 5.92 Å². The number of rotatable bonds is 10. The third-order valence-electron chi connectivity index (χ3n) is 6.56. The molecule has 0 unspecified atom stereocenters. The quantitative estimate of drug-likeness (QED) is 0.282. The average Bonchev–Trinajstić information content (AvgIpc) is 3.03. The number of esters is 2. The fourth-order valence-corrected chi connectivity index (χ4v) is 4.55. The molecule has 222 valence electrons. The molecule has 4 atom stereocenters. The summed E-state index contributed by atoms with van der Waals surface area (Å²) in [6.07, 6.45) is 0.762. The number of carbonyl (C=O) groups is 3. The van der Waals surface area contributed by atoms with E-state index in [1.165, 1.54) is 26.3 Å². The summed E-state index contributed by atoms with van der Waals surface area (Å²) in [6, 6.07) is 19.6. The molecule has 11 nitrogen and oxygen atoms in total. The molecule has 1 N–H and O–H groups in total. The fourth-order valence-electron chi connectivity index (χ4n) is 4.55. The first-order chi connectivity index (χ1) is 20.4. The number of nitrogens with one attached hydrogen (secondary N) is 1. The number of ether oxygens (including phenoxy) is 6. The summed E-state index contributed by atoms with van der Waals surface area (Å²) in [5, 5.41) is 2.64. The lowest BCUT2D eigenvalue weighted by molar-refractivity contribution is -0.156. The van der Waals surface area contributed by atoms with Crippen molar-refractivity contribution in [1.29, 1.82) is 0 Å². The molecule has 1 aliphatic heterocycles. The zero-order chi connectivity index (χ0) is 29.9. The van der Waals surface area contributed by atoms with Crippen molar-refractivity contribution < 1.29 is 42.8 Å². The molecule has 1 fully saturated rings. The van der Waals surface area contributed by atoms with Gasteiger partial charge in [0.2, 0.25) is 6.79 Å². The Morgan fingerprint density at radius 1 is 1.02 bits per heavy atom. The number of para-hydroxylation sites is 1. The van der Waals surface area contributed by atoms with Gasteiger partial charge in [-0.15, -0.1) is 0 Å². The van der Waals surface area contributed by atoms with Gasteiger partial charge in [0.05, 0.1) is 20.3 Å². The predicted octanol–water partition coefficient (Wildman–Crippen LogP) is 3.36. The molecule has 0 aliphatic carbocycles. The zero-order valence-corrected chi connectivity index (χ0v) is 23.7. The van der Waals surface area contributed by atoms with Gasteiger partial charge in [-0.05, 0) is 31.0 Å². The third-order valence-corrected chi connectivity index (χ3v) is 6.56. The van der Waals surface area contributed by atoms with Crippen LogP contribution in [-0.4, -0.2) is 68.2 Å². The van der Waals surface area contributed by atoms with E-state index in [1.807, 2.05) is 60.7 Å². The lowest BCUT2D eigenvalue weighted by Crippen LogP contribution is -2.47. The Bertz CT molecular complexity index is 1340. The minimum Gasteiger partial charge on any atom is -0.493 e. The summed E-state index contributed by atoms with van der Waals surface area (Å²) in [7, 11) is 1.39. The molecule has 1 aromatic heterocycles. The van der Waals surface area contributed by atoms with Gasteiger partial charge < -0.3 is 33.7 Å². The number of hydrogen-bond donors (Lipinski definition) is 1. The number of cyclic esters (lactones) is 1. The summed E-state index contributed by atoms with van der Waals surface area (Å²) in [6.45, 7) is 2.62. The molecule has 1 aliphatic rings. The van der Waals surface area contributed by atoms with Gasteiger partial charge in [0.1, 0.15) is 18.0 Å². The summed E-state index contributed by atoms with van der Waals surface area (Å²) < 4.78 is 33.8. The molecule has 0 saturated carbocycles. The van der Waals surface area contributed by atoms with Gasteiger partial charge in [-0.3, -0.25) is 9.59 Å². The minimum absolute atomic E-state index is 0.0521. The van der Waals surface area contributed by atoms with E-state index >= 15 is 0 Å². The number of pyridine rings is 1. The SMILES string of the molecule is COc1ccnc(C(=O)N[C@H]2COC[C@H](Cc3ccccc3)[C@@H](Oc3ccccc3)[C@H](C)OC2=O)c1OCOC(C)=O. The largest absolute Gasteiger partial charge is 0.493 e. The number of amides is 1. The fraction of sp³-hybridized carbons (Fsp3) is 0.355. The number of hydrogen-bond acceptors (Lipinski definition) is 10. The monoisotopic (exact) mass is 578 g/mol. The van der Waals surface area contributed by atoms with E-state index in [4.69, 9.17) is 28.4 Å². The lowest BCUT2D eigenvalue weighted by Gasteiger charge is -2.31. The zero-order valence-electron chi connectivity index (χ0n) is 23.7. The van der Waals surface area contributed by atoms with Crippen molar-refractivity contribution in [2.45, 2.75) is 38.5 Å². The van der Waals surface area contributed by atoms with Crippen LogP contribution in [0.4, 0.5) is 0 Å². The van der Waals surface area contributed by atoms with E-state index in [0.717, 1.165) is 5.56 Å². The number of nitrogens with zero attached hydrogens (tertiary/aromatic N) is 1. The Hall–Kier alpha value is -4.64. The standard InChI is InChI=1S/C31H34N2O9/c1-20-28(42-24-12-8-5-9-13-24)23(16-22-10-6-4-7-11-22)17-38-18-25(31(36)41-20)33-30(35)27-29(40-19-39-21(2)34)26(37-3)14-15-32-27/h4-15,20,23,25,28H,16-19H2,1-3H3,(H,33,35)/t20-,23-,25-,28-/m0/s1. The van der Waals surface area contributed by atoms with E-state index in [1.54, 1.807) is 6.92 Å². The summed E-state index contributed by atoms with van der Waals surface area (Å²) in [5.41, 5.74) is 0.912. The van der Waals surface area contributed by atoms with Crippen molar-refractivity contribution in [2.75, 3.05) is 27.1 Å². The average molecular weight is 579 g/mol. The van der Waals surface area contributed by atoms with Crippen LogP contribution in [0.1, 0.15) is 29.9 Å². The van der Waals surface area contributed by atoms with Crippen LogP contribution < -0.4 is 19.5 Å². The van der Waals surface area contributed by atoms with E-state index in [2.05, 4.69) is 10.3 Å². The molecule has 3 aromatic rings. The van der Waals surface area contributed by atoms with Gasteiger partial charge in [-0.1, -0.05) is 48.5 Å². The van der Waals surface area contributed by atoms with Crippen molar-refractivity contribution >= 4 is 17.8 Å². The molecule has 1 saturated heterocycles. The van der Waals surface area contributed by atoms with Crippen molar-refractivity contribution in [3.63, 3.8) is 0 Å². The van der Waals surface area contributed by atoms with Gasteiger partial charge in [0.25, 0.3) is 5.91 Å². The van der Waals surface area contributed by atoms with Gasteiger partial charge >= 0.3 is 11.9 Å². The maximum atomic E-state index is 13.3. The van der Waals surface area contributed by atoms with E-state index in [-0.39, 0.29) is 36.3 Å². The Morgan fingerprint density at radius 2 is 1.74 bits per heavy atom. The maximum absolute atomic E-state index is 13.3. The number of aromatic nitrogens is 1. The first-order valence-corrected chi connectivity index (χ1v) is 13.5. The van der Waals surface area contributed by atoms with Crippen LogP contribution in [0.2, 0.25) is 0 Å². The summed E-state index contributed by atoms with van der Waals surface area (Å²) >= 11 is 0. The van der Waals surface area contributed by atoms with Crippen LogP contribution in [-0.2, 0) is 30.2 Å². The molecule has 4 rings (SSSR count). The van der Waals surface area contributed by atoms with Crippen LogP contribution in [0.25, 0.3) is 0 Å². The van der Waals surface area contributed by atoms with E-state index in [0.29, 0.717) is 12.2 Å². The second kappa shape index (κ2) is 14.8. The summed E-state index contributed by atoms with van der Waals surface area (Å²) in [4.78, 5) is 41.9. The highest BCUT2D eigenvalue weighted by Crippen LogP contribution is 2.30. The third kappa shape index (κ3) is 8.20. The number of methoxy groups -OCH3 is 1. The molecule has 1 amide bonds. The van der Waals surface area contributed by atoms with Gasteiger partial charge in [0.15, 0.2) is 23.2 Å². The molecule has 0 spiro atoms. The van der Waals surface area contributed by atoms with E-state index < -0.39 is 42.9 Å². The normalized spacial score (nSPS) is 20.6. The van der Waals surface area contributed by atoms with Crippen LogP contribution >= 0.6 is 0 Å². The van der Waals surface area contributed by atoms with Crippen molar-refractivity contribution in [1.82, 2.24) is 10.3 Å². The highest BCUT2D eigenvalue weighted by molar-refractivity contribution is 5.98. The second-order valence-corrected chi connectivity index (χ2v) is 9.64. The Morgan fingerprint density at radius 3 is 2.43 bits per heavy atom. The van der Waals surface area contributed by atoms with Crippen LogP contribution in [0.5, 0.6) is 17.2 Å². The minimum atomic E-state index is -1.15. The van der Waals surface area contributed by atoms with Gasteiger partial charge in [0, 0.05) is 25.1 Å². The molecular formula is C31H34N2O9.